The number of aliphatic carboxylic acids is 1. The van der Waals surface area contributed by atoms with Gasteiger partial charge in [0.1, 0.15) is 24.4 Å². The number of rotatable bonds is 8. The molecule has 5 aliphatic rings. The molecule has 6 N–H and O–H groups in total. The molecular formula is C38H64O9. The zero-order chi connectivity index (χ0) is 35.1. The average Bonchev–Trinajstić information content (AvgIpc) is 3.31. The Hall–Kier alpha value is -1.07. The lowest BCUT2D eigenvalue weighted by molar-refractivity contribution is -0.325. The minimum atomic E-state index is -1.49. The quantitative estimate of drug-likeness (QED) is 0.192. The van der Waals surface area contributed by atoms with Crippen molar-refractivity contribution in [2.24, 2.45) is 44.8 Å². The predicted octanol–water partition coefficient (Wildman–Crippen LogP) is 5.20. The third-order valence-corrected chi connectivity index (χ3v) is 15.1. The summed E-state index contributed by atoms with van der Waals surface area (Å²) in [6.45, 7) is 18.9. The first-order valence-electron chi connectivity index (χ1n) is 18.2. The summed E-state index contributed by atoms with van der Waals surface area (Å²) in [5.41, 5.74) is -0.278. The molecule has 270 valence electrons. The maximum atomic E-state index is 13.6. The molecular weight excluding hydrogens is 600 g/mol. The molecule has 4 aliphatic carbocycles. The largest absolute Gasteiger partial charge is 0.481 e. The van der Waals surface area contributed by atoms with Gasteiger partial charge >= 0.3 is 5.97 Å². The number of hydrogen-bond donors (Lipinski definition) is 6. The monoisotopic (exact) mass is 664 g/mol. The van der Waals surface area contributed by atoms with Crippen LogP contribution in [-0.2, 0) is 14.3 Å². The first kappa shape index (κ1) is 37.2. The van der Waals surface area contributed by atoms with Crippen molar-refractivity contribution in [1.29, 1.82) is 0 Å². The van der Waals surface area contributed by atoms with E-state index in [-0.39, 0.29) is 39.6 Å². The fourth-order valence-electron chi connectivity index (χ4n) is 11.4. The second-order valence-corrected chi connectivity index (χ2v) is 18.5. The van der Waals surface area contributed by atoms with Crippen molar-refractivity contribution >= 4 is 5.97 Å². The molecule has 3 fully saturated rings. The van der Waals surface area contributed by atoms with Gasteiger partial charge in [-0.05, 0) is 111 Å². The number of carboxylic acids is 1. The normalized spacial score (nSPS) is 45.4. The Kier molecular flexibility index (Phi) is 9.74. The summed E-state index contributed by atoms with van der Waals surface area (Å²) < 4.78 is 12.1. The lowest BCUT2D eigenvalue weighted by Gasteiger charge is -2.62. The van der Waals surface area contributed by atoms with Gasteiger partial charge in [-0.1, -0.05) is 66.5 Å². The molecule has 47 heavy (non-hydrogen) atoms. The number of fused-ring (bicyclic) bond motifs is 4. The molecule has 0 bridgehead atoms. The van der Waals surface area contributed by atoms with Gasteiger partial charge in [0.15, 0.2) is 6.29 Å². The van der Waals surface area contributed by atoms with Gasteiger partial charge < -0.3 is 40.1 Å². The Morgan fingerprint density at radius 2 is 1.60 bits per heavy atom. The van der Waals surface area contributed by atoms with E-state index < -0.39 is 54.3 Å². The van der Waals surface area contributed by atoms with E-state index in [4.69, 9.17) is 9.47 Å². The van der Waals surface area contributed by atoms with Crippen LogP contribution >= 0.6 is 0 Å². The maximum absolute atomic E-state index is 13.6. The molecule has 0 aromatic rings. The third kappa shape index (κ3) is 5.57. The highest BCUT2D eigenvalue weighted by Crippen LogP contribution is 2.73. The summed E-state index contributed by atoms with van der Waals surface area (Å²) in [7, 11) is 0. The van der Waals surface area contributed by atoms with Crippen molar-refractivity contribution < 1.29 is 44.9 Å². The molecule has 9 nitrogen and oxygen atoms in total. The predicted molar refractivity (Wildman–Crippen MR) is 178 cm³/mol. The molecule has 1 saturated heterocycles. The Labute approximate surface area is 282 Å². The van der Waals surface area contributed by atoms with E-state index in [0.29, 0.717) is 25.2 Å². The smallest absolute Gasteiger partial charge is 0.314 e. The summed E-state index contributed by atoms with van der Waals surface area (Å²) >= 11 is 0. The van der Waals surface area contributed by atoms with Crippen LogP contribution in [0.15, 0.2) is 11.1 Å². The Morgan fingerprint density at radius 3 is 2.19 bits per heavy atom. The lowest BCUT2D eigenvalue weighted by Crippen LogP contribution is -2.62. The maximum Gasteiger partial charge on any atom is 0.314 e. The number of aliphatic hydroxyl groups is 5. The van der Waals surface area contributed by atoms with Crippen LogP contribution in [-0.4, -0.2) is 85.6 Å². The van der Waals surface area contributed by atoms with Gasteiger partial charge in [-0.2, -0.15) is 0 Å². The molecule has 0 aromatic heterocycles. The van der Waals surface area contributed by atoms with Crippen LogP contribution in [0.2, 0.25) is 0 Å². The average molecular weight is 665 g/mol. The van der Waals surface area contributed by atoms with E-state index in [2.05, 4.69) is 55.4 Å². The van der Waals surface area contributed by atoms with Gasteiger partial charge in [0.2, 0.25) is 0 Å². The van der Waals surface area contributed by atoms with Crippen molar-refractivity contribution in [3.05, 3.63) is 11.1 Å². The van der Waals surface area contributed by atoms with Crippen LogP contribution in [0.4, 0.5) is 0 Å². The standard InChI is InChI=1S/C38H64O9/c1-21(12-18-37(9,45)33(2,3)4)22-14-19-38(32(43)44)24-10-11-26-34(5,6)27(15-16-35(26,7)23(24)13-17-36(22,38)8)47-31-30(42)29(41)28(40)25(20-39)46-31/h21-22,25-31,39-42,45H,10-20H2,1-9H3,(H,43,44)/t21-,22-,25-,26+,27+,28+,29+,30-,31+,35-,36-,37-,38+/m1/s1. The van der Waals surface area contributed by atoms with Crippen LogP contribution in [0, 0.1) is 44.8 Å². The molecule has 0 radical (unpaired) electrons. The van der Waals surface area contributed by atoms with Gasteiger partial charge in [-0.3, -0.25) is 4.79 Å². The van der Waals surface area contributed by atoms with Crippen LogP contribution in [0.1, 0.15) is 127 Å². The summed E-state index contributed by atoms with van der Waals surface area (Å²) in [4.78, 5) is 13.6. The molecule has 0 unspecified atom stereocenters. The Balaban J connectivity index is 1.41. The van der Waals surface area contributed by atoms with E-state index in [0.717, 1.165) is 44.9 Å². The minimum Gasteiger partial charge on any atom is -0.481 e. The van der Waals surface area contributed by atoms with Crippen molar-refractivity contribution in [2.75, 3.05) is 6.61 Å². The van der Waals surface area contributed by atoms with Crippen LogP contribution < -0.4 is 0 Å². The van der Waals surface area contributed by atoms with E-state index in [1.807, 2.05) is 6.92 Å². The highest BCUT2D eigenvalue weighted by atomic mass is 16.7. The van der Waals surface area contributed by atoms with Crippen molar-refractivity contribution in [3.8, 4) is 0 Å². The summed E-state index contributed by atoms with van der Waals surface area (Å²) in [6, 6.07) is 0. The zero-order valence-electron chi connectivity index (χ0n) is 30.4. The molecule has 1 aliphatic heterocycles. The Morgan fingerprint density at radius 1 is 0.936 bits per heavy atom. The molecule has 0 aromatic carbocycles. The van der Waals surface area contributed by atoms with Crippen LogP contribution in [0.25, 0.3) is 0 Å². The van der Waals surface area contributed by atoms with Gasteiger partial charge in [0.25, 0.3) is 0 Å². The third-order valence-electron chi connectivity index (χ3n) is 15.1. The number of allylic oxidation sites excluding steroid dienone is 1. The van der Waals surface area contributed by atoms with Gasteiger partial charge in [-0.15, -0.1) is 0 Å². The van der Waals surface area contributed by atoms with Crippen LogP contribution in [0.3, 0.4) is 0 Å². The molecule has 1 heterocycles. The number of ether oxygens (including phenoxy) is 2. The number of hydrogen-bond acceptors (Lipinski definition) is 8. The Bertz CT molecular complexity index is 1220. The summed E-state index contributed by atoms with van der Waals surface area (Å²) in [5.74, 6) is 0.110. The number of carbonyl (C=O) groups is 1. The van der Waals surface area contributed by atoms with Gasteiger partial charge in [0, 0.05) is 0 Å². The second-order valence-electron chi connectivity index (χ2n) is 18.5. The topological polar surface area (TPSA) is 157 Å². The zero-order valence-corrected chi connectivity index (χ0v) is 30.4. The second kappa shape index (κ2) is 12.3. The molecule has 0 amide bonds. The SMILES string of the molecule is C[C@H](CC[C@@](C)(O)C(C)(C)C)[C@H]1CC[C@@]2(C(=O)O)C3=C(CC[C@]12C)[C@@]1(C)CC[C@H](O[C@@H]2O[C@H](CO)[C@H](O)[C@H](O)[C@H]2O)C(C)(C)[C@@H]1CC3. The number of carboxylic acid groups (broad SMARTS) is 1. The summed E-state index contributed by atoms with van der Waals surface area (Å²) in [6.07, 6.45) is 1.07. The molecule has 5 rings (SSSR count). The highest BCUT2D eigenvalue weighted by molar-refractivity contribution is 5.82. The van der Waals surface area contributed by atoms with E-state index in [9.17, 15) is 35.4 Å². The fourth-order valence-corrected chi connectivity index (χ4v) is 11.4. The van der Waals surface area contributed by atoms with E-state index >= 15 is 0 Å². The fraction of sp³-hybridized carbons (Fsp3) is 0.921. The van der Waals surface area contributed by atoms with Crippen molar-refractivity contribution in [2.45, 2.75) is 169 Å². The van der Waals surface area contributed by atoms with Gasteiger partial charge in [0.05, 0.1) is 23.7 Å². The number of aliphatic hydroxyl groups excluding tert-OH is 4. The van der Waals surface area contributed by atoms with Crippen molar-refractivity contribution in [3.63, 3.8) is 0 Å². The minimum absolute atomic E-state index is 0.189. The molecule has 9 heteroatoms. The first-order chi connectivity index (χ1) is 21.6. The highest BCUT2D eigenvalue weighted by Gasteiger charge is 2.68. The van der Waals surface area contributed by atoms with E-state index in [1.165, 1.54) is 11.1 Å². The van der Waals surface area contributed by atoms with E-state index in [1.54, 1.807) is 0 Å². The first-order valence-corrected chi connectivity index (χ1v) is 18.2. The van der Waals surface area contributed by atoms with Crippen LogP contribution in [0.5, 0.6) is 0 Å². The van der Waals surface area contributed by atoms with Gasteiger partial charge in [-0.25, -0.2) is 0 Å². The molecule has 2 saturated carbocycles. The van der Waals surface area contributed by atoms with Crippen molar-refractivity contribution in [1.82, 2.24) is 0 Å². The lowest BCUT2D eigenvalue weighted by atomic mass is 9.43. The molecule has 13 atom stereocenters. The summed E-state index contributed by atoms with van der Waals surface area (Å²) in [5, 5.41) is 63.4. The molecule has 0 spiro atoms.